The summed E-state index contributed by atoms with van der Waals surface area (Å²) < 4.78 is 49.9. The molecule has 10 atom stereocenters. The third-order valence-electron chi connectivity index (χ3n) is 17.6. The van der Waals surface area contributed by atoms with Crippen LogP contribution in [0.1, 0.15) is 107 Å². The van der Waals surface area contributed by atoms with Crippen LogP contribution in [0.5, 0.6) is 11.5 Å². The average Bonchev–Trinajstić information content (AvgIpc) is 0.749. The maximum atomic E-state index is 14.5. The van der Waals surface area contributed by atoms with Crippen molar-refractivity contribution >= 4 is 29.3 Å². The van der Waals surface area contributed by atoms with Crippen LogP contribution in [0.15, 0.2) is 218 Å². The smallest absolute Gasteiger partial charge is 0.261 e. The lowest BCUT2D eigenvalue weighted by Gasteiger charge is -2.58. The van der Waals surface area contributed by atoms with Gasteiger partial charge < -0.3 is 48.1 Å². The summed E-state index contributed by atoms with van der Waals surface area (Å²) in [5.74, 6) is -1.23. The fraction of sp³-hybridized carbons (Fsp3) is 0.364. The quantitative estimate of drug-likeness (QED) is 0.0557. The first-order valence-electron chi connectivity index (χ1n) is 31.6. The van der Waals surface area contributed by atoms with E-state index in [1.807, 2.05) is 159 Å². The summed E-state index contributed by atoms with van der Waals surface area (Å²) in [6, 6.07) is 71.9. The summed E-state index contributed by atoms with van der Waals surface area (Å²) >= 11 is 3.58. The predicted octanol–water partition coefficient (Wildman–Crippen LogP) is 15.4. The number of thioether (sulfide) groups is 2. The lowest BCUT2D eigenvalue weighted by Crippen LogP contribution is -2.69. The van der Waals surface area contributed by atoms with Crippen LogP contribution in [0.2, 0.25) is 0 Å². The fourth-order valence-electron chi connectivity index (χ4n) is 12.6. The molecule has 8 aromatic carbocycles. The number of Topliss-reactive ketones (excluding diaryl/α,β-unsaturated/α-hetero) is 1. The van der Waals surface area contributed by atoms with E-state index in [2.05, 4.69) is 74.5 Å². The minimum Gasteiger partial charge on any atom is -0.497 e. The molecule has 0 bridgehead atoms. The average molecular weight is 1250 g/mol. The van der Waals surface area contributed by atoms with Crippen LogP contribution in [0.25, 0.3) is 0 Å². The Labute approximate surface area is 540 Å². The Bertz CT molecular complexity index is 3460. The zero-order valence-corrected chi connectivity index (χ0v) is 54.2. The van der Waals surface area contributed by atoms with Gasteiger partial charge in [0.2, 0.25) is 11.6 Å². The number of aliphatic hydroxyl groups is 2. The fourth-order valence-corrected chi connectivity index (χ4v) is 16.3. The molecule has 0 saturated carbocycles. The molecule has 90 heavy (non-hydrogen) atoms. The van der Waals surface area contributed by atoms with Gasteiger partial charge in [0.15, 0.2) is 0 Å². The van der Waals surface area contributed by atoms with Crippen molar-refractivity contribution in [3.63, 3.8) is 0 Å². The lowest BCUT2D eigenvalue weighted by molar-refractivity contribution is -0.357. The molecule has 3 saturated heterocycles. The Morgan fingerprint density at radius 1 is 0.467 bits per heavy atom. The van der Waals surface area contributed by atoms with E-state index in [4.69, 9.17) is 37.9 Å². The van der Waals surface area contributed by atoms with Crippen LogP contribution >= 0.6 is 23.5 Å². The Morgan fingerprint density at radius 2 is 0.856 bits per heavy atom. The van der Waals surface area contributed by atoms with Crippen molar-refractivity contribution in [2.75, 3.05) is 25.7 Å². The Balaban J connectivity index is 0.000000199. The third kappa shape index (κ3) is 15.5. The van der Waals surface area contributed by atoms with Crippen molar-refractivity contribution in [2.24, 2.45) is 11.8 Å². The Hall–Kier alpha value is -6.59. The van der Waals surface area contributed by atoms with Crippen LogP contribution in [0.3, 0.4) is 0 Å². The van der Waals surface area contributed by atoms with E-state index in [9.17, 15) is 15.0 Å². The number of ketones is 1. The van der Waals surface area contributed by atoms with Gasteiger partial charge >= 0.3 is 0 Å². The zero-order chi connectivity index (χ0) is 62.9. The highest BCUT2D eigenvalue weighted by atomic mass is 32.2. The van der Waals surface area contributed by atoms with Gasteiger partial charge in [-0.05, 0) is 118 Å². The van der Waals surface area contributed by atoms with Gasteiger partial charge in [-0.25, -0.2) is 0 Å². The maximum Gasteiger partial charge on any atom is 0.261 e. The van der Waals surface area contributed by atoms with Crippen molar-refractivity contribution in [1.82, 2.24) is 0 Å². The second-order valence-electron chi connectivity index (χ2n) is 23.6. The molecule has 0 aliphatic carbocycles. The number of hydrogen-bond donors (Lipinski definition) is 2. The van der Waals surface area contributed by atoms with Crippen LogP contribution in [0.4, 0.5) is 0 Å². The van der Waals surface area contributed by atoms with E-state index >= 15 is 0 Å². The zero-order valence-electron chi connectivity index (χ0n) is 52.6. The number of carbonyl (C=O) groups is 1. The lowest BCUT2D eigenvalue weighted by atomic mass is 9.81. The summed E-state index contributed by atoms with van der Waals surface area (Å²) in [6.07, 6.45) is 0.153. The molecule has 3 aliphatic rings. The summed E-state index contributed by atoms with van der Waals surface area (Å²) in [6.45, 7) is 9.59. The van der Waals surface area contributed by atoms with Crippen molar-refractivity contribution in [2.45, 2.75) is 139 Å². The van der Waals surface area contributed by atoms with Crippen LogP contribution in [-0.2, 0) is 71.8 Å². The van der Waals surface area contributed by atoms with Crippen LogP contribution in [0, 0.1) is 11.8 Å². The van der Waals surface area contributed by atoms with E-state index in [1.165, 1.54) is 5.56 Å². The Morgan fingerprint density at radius 3 is 1.32 bits per heavy atom. The standard InChI is InChI=1S/C40H46O5S2.C37H40O6/c1-4-36-29(2)37(43-27-31-14-7-5-8-15-31)38(44-28-32-16-9-6-10-17-32)39(41,45-36)40(46-24-13-25-47-40)35-19-12-11-18-33(35)26-30-20-22-34(42-3)23-21-30;1-4-33-26(2)34(41-24-28-13-7-5-8-14-28)36(42-25-29-15-9-6-10-16-29)37(39,43-33)35(38)32-18-12-11-17-30(32)23-27-19-21-31(40-3)22-20-27/h5-12,14-23,29,36-38,41H,4,13,24-28H2,1-3H3;5-22,26,33-34,36,39H,4,23-25H2,1-3H3/t29-,36-,37+,38-,39-;26-,33-,34+,36-,37+/m11/s1. The van der Waals surface area contributed by atoms with Crippen LogP contribution < -0.4 is 9.47 Å². The topological polar surface area (TPSA) is 131 Å². The first-order valence-corrected chi connectivity index (χ1v) is 33.5. The molecule has 0 aromatic heterocycles. The van der Waals surface area contributed by atoms with Crippen LogP contribution in [-0.4, -0.2) is 89.9 Å². The van der Waals surface area contributed by atoms with E-state index in [0.29, 0.717) is 38.2 Å². The van der Waals surface area contributed by atoms with Crippen molar-refractivity contribution in [3.05, 3.63) is 274 Å². The molecule has 0 radical (unpaired) electrons. The van der Waals surface area contributed by atoms with Gasteiger partial charge in [-0.3, -0.25) is 4.79 Å². The first-order chi connectivity index (χ1) is 43.9. The number of benzene rings is 8. The minimum absolute atomic E-state index is 0.00468. The van der Waals surface area contributed by atoms with E-state index in [-0.39, 0.29) is 24.5 Å². The summed E-state index contributed by atoms with van der Waals surface area (Å²) in [5.41, 5.74) is 9.64. The molecular formula is C77H86O11S2. The number of carbonyl (C=O) groups excluding carboxylic acids is 1. The molecule has 2 N–H and O–H groups in total. The molecule has 0 amide bonds. The van der Waals surface area contributed by atoms with Crippen molar-refractivity contribution in [1.29, 1.82) is 0 Å². The second-order valence-corrected chi connectivity index (χ2v) is 26.4. The molecule has 3 aliphatic heterocycles. The summed E-state index contributed by atoms with van der Waals surface area (Å²) in [4.78, 5) is 14.5. The van der Waals surface area contributed by atoms with Gasteiger partial charge in [0.05, 0.1) is 65.1 Å². The van der Waals surface area contributed by atoms with Gasteiger partial charge in [-0.15, -0.1) is 23.5 Å². The minimum atomic E-state index is -2.26. The monoisotopic (exact) mass is 1250 g/mol. The SMILES string of the molecule is CC[C@H]1O[C@@](O)(C(=O)c2ccccc2Cc2ccc(OC)cc2)[C@H](OCc2ccccc2)[C@@H](OCc2ccccc2)[C@@H]1C.CC[C@H]1O[C@@](O)(C2(c3ccccc3Cc3ccc(OC)cc3)SCCCS2)[C@H](OCc2ccccc2)[C@@H](OCc2ccccc2)[C@@H]1C. The van der Waals surface area contributed by atoms with Gasteiger partial charge in [0.1, 0.15) is 27.8 Å². The molecule has 13 heteroatoms. The summed E-state index contributed by atoms with van der Waals surface area (Å²) in [5, 5.41) is 25.9. The van der Waals surface area contributed by atoms with E-state index in [1.54, 1.807) is 49.9 Å². The highest BCUT2D eigenvalue weighted by molar-refractivity contribution is 8.18. The highest BCUT2D eigenvalue weighted by Crippen LogP contribution is 2.62. The first kappa shape index (κ1) is 66.3. The number of ether oxygens (including phenoxy) is 8. The molecule has 11 rings (SSSR count). The molecule has 0 spiro atoms. The normalized spacial score (nSPS) is 24.7. The van der Waals surface area contributed by atoms with E-state index in [0.717, 1.165) is 86.8 Å². The molecule has 3 heterocycles. The molecule has 8 aromatic rings. The van der Waals surface area contributed by atoms with Gasteiger partial charge in [-0.2, -0.15) is 0 Å². The predicted molar refractivity (Wildman–Crippen MR) is 359 cm³/mol. The molecule has 3 fully saturated rings. The number of hydrogen-bond acceptors (Lipinski definition) is 13. The number of methoxy groups -OCH3 is 2. The third-order valence-corrected chi connectivity index (χ3v) is 21.1. The molecular weight excluding hydrogens is 1160 g/mol. The largest absolute Gasteiger partial charge is 0.497 e. The maximum absolute atomic E-state index is 14.5. The molecule has 0 unspecified atom stereocenters. The number of rotatable bonds is 24. The molecule has 11 nitrogen and oxygen atoms in total. The summed E-state index contributed by atoms with van der Waals surface area (Å²) in [7, 11) is 3.32. The van der Waals surface area contributed by atoms with Gasteiger partial charge in [0.25, 0.3) is 5.79 Å². The van der Waals surface area contributed by atoms with Crippen molar-refractivity contribution in [3.8, 4) is 11.5 Å². The van der Waals surface area contributed by atoms with E-state index < -0.39 is 52.0 Å². The van der Waals surface area contributed by atoms with Gasteiger partial charge in [0, 0.05) is 17.4 Å². The van der Waals surface area contributed by atoms with Gasteiger partial charge in [-0.1, -0.05) is 222 Å². The second kappa shape index (κ2) is 31.6. The van der Waals surface area contributed by atoms with Crippen molar-refractivity contribution < 1.29 is 52.9 Å². The Kier molecular flexibility index (Phi) is 23.3. The highest BCUT2D eigenvalue weighted by Gasteiger charge is 2.66. The molecule has 472 valence electrons.